The average molecular weight is 415 g/mol. The summed E-state index contributed by atoms with van der Waals surface area (Å²) >= 11 is 5.87. The quantitative estimate of drug-likeness (QED) is 0.594. The monoisotopic (exact) mass is 414 g/mol. The molecule has 0 saturated carbocycles. The third-order valence-corrected chi connectivity index (χ3v) is 5.78. The minimum absolute atomic E-state index is 0.0361. The normalized spacial score (nSPS) is 23.3. The zero-order chi connectivity index (χ0) is 20.0. The maximum Gasteiger partial charge on any atom is 0.144 e. The summed E-state index contributed by atoms with van der Waals surface area (Å²) in [6.45, 7) is 0. The molecule has 0 spiro atoms. The van der Waals surface area contributed by atoms with Gasteiger partial charge in [0.05, 0.1) is 28.4 Å². The Labute approximate surface area is 172 Å². The Balaban J connectivity index is 1.42. The molecule has 2 fully saturated rings. The van der Waals surface area contributed by atoms with E-state index in [2.05, 4.69) is 15.3 Å². The maximum atomic E-state index is 13.4. The second-order valence-corrected chi connectivity index (χ2v) is 7.96. The van der Waals surface area contributed by atoms with Gasteiger partial charge in [0.15, 0.2) is 0 Å². The van der Waals surface area contributed by atoms with E-state index in [0.29, 0.717) is 40.7 Å². The highest BCUT2D eigenvalue weighted by Crippen LogP contribution is 2.37. The number of hydrogen-bond donors (Lipinski definition) is 2. The summed E-state index contributed by atoms with van der Waals surface area (Å²) in [5, 5.41) is 3.92. The van der Waals surface area contributed by atoms with E-state index in [1.54, 1.807) is 12.1 Å². The average Bonchev–Trinajstić information content (AvgIpc) is 3.04. The number of nitrogens with zero attached hydrogens (tertiary/aromatic N) is 2. The van der Waals surface area contributed by atoms with E-state index < -0.39 is 5.82 Å². The van der Waals surface area contributed by atoms with E-state index in [-0.39, 0.29) is 11.1 Å². The molecule has 5 rings (SSSR count). The molecule has 0 aliphatic carbocycles. The van der Waals surface area contributed by atoms with Crippen LogP contribution < -0.4 is 15.8 Å². The Hall–Kier alpha value is -2.64. The molecule has 6 nitrogen and oxygen atoms in total. The van der Waals surface area contributed by atoms with Crippen molar-refractivity contribution in [3.63, 3.8) is 0 Å². The molecular formula is C21H20ClFN4O2. The molecule has 3 aromatic rings. The topological polar surface area (TPSA) is 82.3 Å². The molecule has 2 bridgehead atoms. The van der Waals surface area contributed by atoms with Gasteiger partial charge in [0.2, 0.25) is 0 Å². The van der Waals surface area contributed by atoms with E-state index >= 15 is 0 Å². The molecule has 8 heteroatoms. The first kappa shape index (κ1) is 18.4. The second-order valence-electron chi connectivity index (χ2n) is 7.55. The van der Waals surface area contributed by atoms with E-state index in [9.17, 15) is 4.39 Å². The van der Waals surface area contributed by atoms with Crippen LogP contribution in [0.2, 0.25) is 5.02 Å². The number of anilines is 3. The van der Waals surface area contributed by atoms with Crippen LogP contribution in [0.15, 0.2) is 36.7 Å². The molecule has 3 heterocycles. The summed E-state index contributed by atoms with van der Waals surface area (Å²) in [5.41, 5.74) is 8.13. The summed E-state index contributed by atoms with van der Waals surface area (Å²) in [6.07, 6.45) is 6.13. The van der Waals surface area contributed by atoms with E-state index in [0.717, 1.165) is 31.1 Å². The SMILES string of the molecule is Nc1cc2c(Nc3ccc(F)c(Cl)c3)ncnc2cc1OC1CC2CCC(C1)O2. The molecule has 2 atom stereocenters. The lowest BCUT2D eigenvalue weighted by molar-refractivity contribution is -0.0437. The van der Waals surface area contributed by atoms with Crippen molar-refractivity contribution in [3.8, 4) is 5.75 Å². The van der Waals surface area contributed by atoms with Crippen LogP contribution in [-0.2, 0) is 4.74 Å². The number of nitrogens with two attached hydrogens (primary N) is 1. The highest BCUT2D eigenvalue weighted by atomic mass is 35.5. The molecule has 2 unspecified atom stereocenters. The number of aromatic nitrogens is 2. The number of hydrogen-bond acceptors (Lipinski definition) is 6. The van der Waals surface area contributed by atoms with Gasteiger partial charge in [-0.1, -0.05) is 11.6 Å². The molecule has 3 N–H and O–H groups in total. The van der Waals surface area contributed by atoms with Crippen LogP contribution in [0.4, 0.5) is 21.6 Å². The number of nitrogen functional groups attached to an aromatic ring is 1. The number of nitrogens with one attached hydrogen (secondary N) is 1. The molecule has 29 heavy (non-hydrogen) atoms. The first-order valence-electron chi connectivity index (χ1n) is 9.63. The number of fused-ring (bicyclic) bond motifs is 3. The second kappa shape index (κ2) is 7.31. The first-order valence-corrected chi connectivity index (χ1v) is 10.0. The minimum Gasteiger partial charge on any atom is -0.488 e. The van der Waals surface area contributed by atoms with Gasteiger partial charge < -0.3 is 20.5 Å². The zero-order valence-electron chi connectivity index (χ0n) is 15.6. The van der Waals surface area contributed by atoms with Crippen molar-refractivity contribution in [2.75, 3.05) is 11.1 Å². The van der Waals surface area contributed by atoms with Crippen LogP contribution in [0.5, 0.6) is 5.75 Å². The first-order chi connectivity index (χ1) is 14.0. The lowest BCUT2D eigenvalue weighted by atomic mass is 10.1. The molecule has 2 aliphatic heterocycles. The Kier molecular flexibility index (Phi) is 4.64. The van der Waals surface area contributed by atoms with Crippen molar-refractivity contribution in [1.82, 2.24) is 9.97 Å². The van der Waals surface area contributed by atoms with Crippen molar-refractivity contribution in [1.29, 1.82) is 0 Å². The van der Waals surface area contributed by atoms with Gasteiger partial charge in [-0.3, -0.25) is 0 Å². The van der Waals surface area contributed by atoms with Gasteiger partial charge in [0, 0.05) is 30.0 Å². The van der Waals surface area contributed by atoms with Gasteiger partial charge in [-0.15, -0.1) is 0 Å². The number of rotatable bonds is 4. The molecule has 0 amide bonds. The van der Waals surface area contributed by atoms with Crippen molar-refractivity contribution in [3.05, 3.63) is 47.5 Å². The van der Waals surface area contributed by atoms with E-state index in [4.69, 9.17) is 26.8 Å². The van der Waals surface area contributed by atoms with E-state index in [1.807, 2.05) is 6.07 Å². The summed E-state index contributed by atoms with van der Waals surface area (Å²) in [4.78, 5) is 8.65. The third kappa shape index (κ3) is 3.68. The van der Waals surface area contributed by atoms with Crippen molar-refractivity contribution < 1.29 is 13.9 Å². The van der Waals surface area contributed by atoms with Crippen LogP contribution >= 0.6 is 11.6 Å². The zero-order valence-corrected chi connectivity index (χ0v) is 16.3. The lowest BCUT2D eigenvalue weighted by Crippen LogP contribution is -2.32. The summed E-state index contributed by atoms with van der Waals surface area (Å²) < 4.78 is 25.5. The van der Waals surface area contributed by atoms with Gasteiger partial charge in [-0.25, -0.2) is 14.4 Å². The van der Waals surface area contributed by atoms with Gasteiger partial charge in [0.25, 0.3) is 0 Å². The summed E-state index contributed by atoms with van der Waals surface area (Å²) in [6, 6.07) is 8.04. The van der Waals surface area contributed by atoms with Crippen molar-refractivity contribution in [2.45, 2.75) is 44.0 Å². The van der Waals surface area contributed by atoms with Gasteiger partial charge in [-0.05, 0) is 37.1 Å². The molecule has 1 aromatic heterocycles. The van der Waals surface area contributed by atoms with Crippen LogP contribution in [0.3, 0.4) is 0 Å². The maximum absolute atomic E-state index is 13.4. The highest BCUT2D eigenvalue weighted by Gasteiger charge is 2.36. The fourth-order valence-corrected chi connectivity index (χ4v) is 4.28. The fourth-order valence-electron chi connectivity index (χ4n) is 4.10. The molecule has 150 valence electrons. The largest absolute Gasteiger partial charge is 0.488 e. The highest BCUT2D eigenvalue weighted by molar-refractivity contribution is 6.31. The molecule has 2 aliphatic rings. The molecule has 2 saturated heterocycles. The molecular weight excluding hydrogens is 395 g/mol. The number of ether oxygens (including phenoxy) is 2. The van der Waals surface area contributed by atoms with Crippen LogP contribution in [0.25, 0.3) is 10.9 Å². The smallest absolute Gasteiger partial charge is 0.144 e. The third-order valence-electron chi connectivity index (χ3n) is 5.49. The Morgan fingerprint density at radius 1 is 1.14 bits per heavy atom. The van der Waals surface area contributed by atoms with E-state index in [1.165, 1.54) is 18.5 Å². The number of benzene rings is 2. The molecule has 0 radical (unpaired) electrons. The fraction of sp³-hybridized carbons (Fsp3) is 0.333. The predicted octanol–water partition coefficient (Wildman–Crippen LogP) is 4.84. The van der Waals surface area contributed by atoms with Crippen LogP contribution in [0.1, 0.15) is 25.7 Å². The van der Waals surface area contributed by atoms with Gasteiger partial charge in [-0.2, -0.15) is 0 Å². The van der Waals surface area contributed by atoms with Gasteiger partial charge >= 0.3 is 0 Å². The minimum atomic E-state index is -0.475. The standard InChI is InChI=1S/C21H20ClFN4O2/c22-16-5-11(1-4-17(16)23)27-21-15-8-18(24)20(9-19(15)25-10-26-21)29-14-6-12-2-3-13(7-14)28-12/h1,4-5,8-10,12-14H,2-3,6-7,24H2,(H,25,26,27). The summed E-state index contributed by atoms with van der Waals surface area (Å²) in [5.74, 6) is 0.704. The van der Waals surface area contributed by atoms with Crippen LogP contribution in [0, 0.1) is 5.82 Å². The summed E-state index contributed by atoms with van der Waals surface area (Å²) in [7, 11) is 0. The molecule has 2 aromatic carbocycles. The Morgan fingerprint density at radius 3 is 2.69 bits per heavy atom. The van der Waals surface area contributed by atoms with Crippen molar-refractivity contribution in [2.24, 2.45) is 0 Å². The predicted molar refractivity (Wildman–Crippen MR) is 110 cm³/mol. The van der Waals surface area contributed by atoms with Crippen LogP contribution in [-0.4, -0.2) is 28.3 Å². The van der Waals surface area contributed by atoms with Crippen molar-refractivity contribution >= 4 is 39.7 Å². The Morgan fingerprint density at radius 2 is 1.93 bits per heavy atom. The Bertz CT molecular complexity index is 1070. The lowest BCUT2D eigenvalue weighted by Gasteiger charge is -2.29. The van der Waals surface area contributed by atoms with Gasteiger partial charge in [0.1, 0.15) is 29.8 Å². The number of halogens is 2.